The molecule has 33 heavy (non-hydrogen) atoms. The zero-order valence-electron chi connectivity index (χ0n) is 17.5. The maximum Gasteiger partial charge on any atom is 0.359 e. The average molecular weight is 444 g/mol. The maximum absolute atomic E-state index is 13.9. The van der Waals surface area contributed by atoms with E-state index in [9.17, 15) is 18.7 Å². The highest BCUT2D eigenvalue weighted by Crippen LogP contribution is 2.26. The fourth-order valence-corrected chi connectivity index (χ4v) is 3.99. The van der Waals surface area contributed by atoms with Crippen molar-refractivity contribution in [1.82, 2.24) is 4.98 Å². The number of halogens is 2. The van der Waals surface area contributed by atoms with Crippen LogP contribution in [0.15, 0.2) is 79.0 Å². The van der Waals surface area contributed by atoms with Gasteiger partial charge in [-0.2, -0.15) is 4.57 Å². The lowest BCUT2D eigenvalue weighted by atomic mass is 10.1. The van der Waals surface area contributed by atoms with Gasteiger partial charge in [-0.1, -0.05) is 42.5 Å². The van der Waals surface area contributed by atoms with Crippen LogP contribution in [-0.2, 0) is 12.8 Å². The van der Waals surface area contributed by atoms with Gasteiger partial charge in [0.15, 0.2) is 17.7 Å². The summed E-state index contributed by atoms with van der Waals surface area (Å²) in [6.45, 7) is 0. The lowest BCUT2D eigenvalue weighted by molar-refractivity contribution is -0.552. The van der Waals surface area contributed by atoms with Gasteiger partial charge >= 0.3 is 11.7 Å². The normalized spacial score (nSPS) is 14.7. The zero-order valence-corrected chi connectivity index (χ0v) is 17.5. The number of carbonyl (C=O) groups excluding carboxylic acids is 1. The van der Waals surface area contributed by atoms with E-state index < -0.39 is 17.7 Å². The first-order valence-corrected chi connectivity index (χ1v) is 10.5. The Hall–Kier alpha value is -4.13. The van der Waals surface area contributed by atoms with Crippen LogP contribution in [0.5, 0.6) is 5.75 Å². The Balaban J connectivity index is 1.55. The van der Waals surface area contributed by atoms with Gasteiger partial charge in [-0.25, -0.2) is 18.6 Å². The third-order valence-electron chi connectivity index (χ3n) is 5.67. The van der Waals surface area contributed by atoms with Gasteiger partial charge in [-0.15, -0.1) is 0 Å². The Kier molecular flexibility index (Phi) is 5.30. The number of carbonyl (C=O) groups is 1. The van der Waals surface area contributed by atoms with Crippen molar-refractivity contribution in [1.29, 1.82) is 0 Å². The van der Waals surface area contributed by atoms with Gasteiger partial charge in [-0.05, 0) is 41.5 Å². The quantitative estimate of drug-likeness (QED) is 0.451. The van der Waals surface area contributed by atoms with Gasteiger partial charge in [0.25, 0.3) is 0 Å². The number of phenolic OH excluding ortho intramolecular Hbond substituents is 1. The summed E-state index contributed by atoms with van der Waals surface area (Å²) < 4.78 is 28.9. The van der Waals surface area contributed by atoms with Gasteiger partial charge in [-0.3, -0.25) is 5.32 Å². The molecule has 7 heteroatoms. The van der Waals surface area contributed by atoms with E-state index in [1.807, 2.05) is 30.3 Å². The Morgan fingerprint density at radius 2 is 1.70 bits per heavy atom. The molecule has 1 aromatic heterocycles. The highest BCUT2D eigenvalue weighted by Gasteiger charge is 2.41. The lowest BCUT2D eigenvalue weighted by Gasteiger charge is -2.07. The summed E-state index contributed by atoms with van der Waals surface area (Å²) in [5.74, 6) is -1.34. The number of hydrogen-bond acceptors (Lipinski definition) is 4. The summed E-state index contributed by atoms with van der Waals surface area (Å²) in [6.07, 6.45) is 2.44. The molecule has 0 aliphatic carbocycles. The number of aromatic hydroxyl groups is 1. The molecule has 2 N–H and O–H groups in total. The van der Waals surface area contributed by atoms with Gasteiger partial charge in [0, 0.05) is 18.4 Å². The molecule has 1 aliphatic rings. The van der Waals surface area contributed by atoms with Crippen LogP contribution in [0.2, 0.25) is 0 Å². The van der Waals surface area contributed by atoms with Crippen molar-refractivity contribution in [2.45, 2.75) is 18.9 Å². The molecule has 164 valence electrons. The maximum atomic E-state index is 13.9. The van der Waals surface area contributed by atoms with Gasteiger partial charge in [0.2, 0.25) is 0 Å². The summed E-state index contributed by atoms with van der Waals surface area (Å²) in [4.78, 5) is 18.0. The molecule has 4 aromatic rings. The number of aromatic nitrogens is 2. The minimum Gasteiger partial charge on any atom is -0.508 e. The third-order valence-corrected chi connectivity index (χ3v) is 5.67. The first-order chi connectivity index (χ1) is 16.0. The summed E-state index contributed by atoms with van der Waals surface area (Å²) in [6, 6.07) is 19.5. The van der Waals surface area contributed by atoms with Crippen LogP contribution in [0.4, 0.5) is 14.6 Å². The number of benzene rings is 3. The standard InChI is InChI=1S/C26H19F2N3O2/c27-20-11-8-18(14-21(20)28)24-15-31-25(22(29-24)12-16-4-2-1-3-5-16)30-23(26(31)33)13-17-6-9-19(32)10-7-17/h1-11,14-15,23,32H,12-13H2/p+1. The van der Waals surface area contributed by atoms with E-state index in [1.165, 1.54) is 10.6 Å². The molecule has 5 rings (SSSR count). The van der Waals surface area contributed by atoms with Crippen LogP contribution in [0.1, 0.15) is 21.6 Å². The van der Waals surface area contributed by atoms with Gasteiger partial charge < -0.3 is 5.11 Å². The van der Waals surface area contributed by atoms with E-state index in [2.05, 4.69) is 5.32 Å². The second-order valence-electron chi connectivity index (χ2n) is 7.99. The van der Waals surface area contributed by atoms with E-state index >= 15 is 0 Å². The van der Waals surface area contributed by atoms with Crippen molar-refractivity contribution in [2.24, 2.45) is 0 Å². The van der Waals surface area contributed by atoms with E-state index in [-0.39, 0.29) is 11.7 Å². The van der Waals surface area contributed by atoms with Crippen LogP contribution < -0.4 is 9.88 Å². The fraction of sp³-hybridized carbons (Fsp3) is 0.115. The Morgan fingerprint density at radius 3 is 2.42 bits per heavy atom. The number of rotatable bonds is 5. The molecule has 0 saturated carbocycles. The van der Waals surface area contributed by atoms with Crippen molar-refractivity contribution in [3.63, 3.8) is 0 Å². The topological polar surface area (TPSA) is 66.1 Å². The molecule has 2 heterocycles. The van der Waals surface area contributed by atoms with Crippen molar-refractivity contribution in [3.8, 4) is 17.0 Å². The lowest BCUT2D eigenvalue weighted by Crippen LogP contribution is -2.44. The van der Waals surface area contributed by atoms with E-state index in [0.717, 1.165) is 23.3 Å². The average Bonchev–Trinajstić information content (AvgIpc) is 3.13. The van der Waals surface area contributed by atoms with Crippen LogP contribution in [0.25, 0.3) is 11.3 Å². The number of fused-ring (bicyclic) bond motifs is 1. The minimum atomic E-state index is -0.973. The highest BCUT2D eigenvalue weighted by molar-refractivity contribution is 5.82. The predicted octanol–water partition coefficient (Wildman–Crippen LogP) is 4.29. The smallest absolute Gasteiger partial charge is 0.359 e. The first kappa shape index (κ1) is 20.8. The third kappa shape index (κ3) is 4.17. The number of phenols is 1. The Bertz CT molecular complexity index is 1340. The van der Waals surface area contributed by atoms with Crippen LogP contribution >= 0.6 is 0 Å². The molecule has 0 spiro atoms. The molecule has 0 fully saturated rings. The SMILES string of the molecule is O=C1C(Cc2ccc(O)cc2)Nc2c(Cc3ccccc3)nc(-c3ccc(F)c(F)c3)c[n+]21. The highest BCUT2D eigenvalue weighted by atomic mass is 19.2. The van der Waals surface area contributed by atoms with Crippen LogP contribution in [-0.4, -0.2) is 22.0 Å². The number of anilines is 1. The summed E-state index contributed by atoms with van der Waals surface area (Å²) >= 11 is 0. The molecule has 3 aromatic carbocycles. The van der Waals surface area contributed by atoms with Crippen molar-refractivity contribution >= 4 is 11.7 Å². The second-order valence-corrected chi connectivity index (χ2v) is 7.99. The fourth-order valence-electron chi connectivity index (χ4n) is 3.99. The van der Waals surface area contributed by atoms with Gasteiger partial charge in [0.05, 0.1) is 0 Å². The molecule has 1 aliphatic heterocycles. The molecular formula is C26H20F2N3O2+. The van der Waals surface area contributed by atoms with Crippen LogP contribution in [0.3, 0.4) is 0 Å². The molecule has 0 amide bonds. The molecule has 0 bridgehead atoms. The molecule has 0 saturated heterocycles. The molecule has 1 atom stereocenters. The number of hydrogen-bond donors (Lipinski definition) is 2. The monoisotopic (exact) mass is 444 g/mol. The zero-order chi connectivity index (χ0) is 22.9. The van der Waals surface area contributed by atoms with Crippen molar-refractivity contribution in [3.05, 3.63) is 107 Å². The molecule has 1 unspecified atom stereocenters. The summed E-state index contributed by atoms with van der Waals surface area (Å²) in [5, 5.41) is 12.8. The predicted molar refractivity (Wildman–Crippen MR) is 119 cm³/mol. The minimum absolute atomic E-state index is 0.160. The summed E-state index contributed by atoms with van der Waals surface area (Å²) in [7, 11) is 0. The largest absolute Gasteiger partial charge is 0.508 e. The van der Waals surface area contributed by atoms with Crippen molar-refractivity contribution in [2.75, 3.05) is 5.32 Å². The Labute approximate surface area is 189 Å². The van der Waals surface area contributed by atoms with E-state index in [0.29, 0.717) is 35.6 Å². The number of nitrogens with zero attached hydrogens (tertiary/aromatic N) is 2. The van der Waals surface area contributed by atoms with Crippen molar-refractivity contribution < 1.29 is 23.2 Å². The van der Waals surface area contributed by atoms with Crippen LogP contribution in [0, 0.1) is 11.6 Å². The molecule has 5 nitrogen and oxygen atoms in total. The first-order valence-electron chi connectivity index (χ1n) is 10.5. The molecular weight excluding hydrogens is 424 g/mol. The van der Waals surface area contributed by atoms with E-state index in [1.54, 1.807) is 30.5 Å². The number of nitrogens with one attached hydrogen (secondary N) is 1. The Morgan fingerprint density at radius 1 is 0.939 bits per heavy atom. The van der Waals surface area contributed by atoms with Gasteiger partial charge in [0.1, 0.15) is 23.3 Å². The second kappa shape index (κ2) is 8.43. The summed E-state index contributed by atoms with van der Waals surface area (Å²) in [5.41, 5.74) is 3.29. The molecule has 0 radical (unpaired) electrons. The van der Waals surface area contributed by atoms with E-state index in [4.69, 9.17) is 4.98 Å².